The highest BCUT2D eigenvalue weighted by Gasteiger charge is 2.36. The molecule has 0 amide bonds. The number of carbonyl (C=O) groups excluding carboxylic acids is 1. The summed E-state index contributed by atoms with van der Waals surface area (Å²) in [5.41, 5.74) is 6.04. The molecule has 1 aromatic heterocycles. The fraction of sp³-hybridized carbons (Fsp3) is 0.222. The number of aromatic amines is 1. The van der Waals surface area contributed by atoms with Crippen LogP contribution in [-0.2, 0) is 22.6 Å². The minimum Gasteiger partial charge on any atom is -0.489 e. The standard InChI is InChI=1S/C27H25ClN2O3/c1-16-12-24(33-15-17-8-4-3-5-9-17)20(13-21(16)28)26-25-19(14-23(30-26)27(31)32-2)18-10-6-7-11-22(18)29-25/h3-13,23,26,29-30H,14-15H2,1-2H3. The zero-order valence-electron chi connectivity index (χ0n) is 18.5. The molecule has 3 aromatic carbocycles. The second-order valence-electron chi connectivity index (χ2n) is 8.36. The second kappa shape index (κ2) is 8.93. The number of hydrogen-bond acceptors (Lipinski definition) is 4. The van der Waals surface area contributed by atoms with Crippen molar-refractivity contribution < 1.29 is 14.3 Å². The van der Waals surface area contributed by atoms with Crippen LogP contribution in [0.3, 0.4) is 0 Å². The van der Waals surface area contributed by atoms with Gasteiger partial charge in [0.2, 0.25) is 0 Å². The number of aromatic nitrogens is 1. The number of hydrogen-bond donors (Lipinski definition) is 2. The topological polar surface area (TPSA) is 63.4 Å². The molecule has 0 radical (unpaired) electrons. The van der Waals surface area contributed by atoms with Crippen LogP contribution in [0.25, 0.3) is 10.9 Å². The van der Waals surface area contributed by atoms with Crippen LogP contribution in [0.15, 0.2) is 66.7 Å². The van der Waals surface area contributed by atoms with Gasteiger partial charge in [-0.2, -0.15) is 0 Å². The summed E-state index contributed by atoms with van der Waals surface area (Å²) >= 11 is 6.57. The van der Waals surface area contributed by atoms with Crippen molar-refractivity contribution in [2.75, 3.05) is 7.11 Å². The number of ether oxygens (including phenoxy) is 2. The van der Waals surface area contributed by atoms with E-state index in [2.05, 4.69) is 16.4 Å². The van der Waals surface area contributed by atoms with Crippen molar-refractivity contribution in [1.29, 1.82) is 0 Å². The smallest absolute Gasteiger partial charge is 0.323 e. The minimum absolute atomic E-state index is 0.291. The van der Waals surface area contributed by atoms with E-state index >= 15 is 0 Å². The molecule has 2 atom stereocenters. The molecule has 0 spiro atoms. The summed E-state index contributed by atoms with van der Waals surface area (Å²) in [5, 5.41) is 5.24. The van der Waals surface area contributed by atoms with E-state index in [9.17, 15) is 4.79 Å². The lowest BCUT2D eigenvalue weighted by molar-refractivity contribution is -0.143. The maximum Gasteiger partial charge on any atom is 0.323 e. The first-order valence-corrected chi connectivity index (χ1v) is 11.3. The van der Waals surface area contributed by atoms with Crippen molar-refractivity contribution in [2.24, 2.45) is 0 Å². The molecule has 0 saturated carbocycles. The number of benzene rings is 3. The van der Waals surface area contributed by atoms with Crippen LogP contribution in [0.4, 0.5) is 0 Å². The normalized spacial score (nSPS) is 17.5. The zero-order chi connectivity index (χ0) is 22.9. The molecule has 0 saturated heterocycles. The van der Waals surface area contributed by atoms with Crippen molar-refractivity contribution in [3.8, 4) is 5.75 Å². The van der Waals surface area contributed by atoms with Gasteiger partial charge in [-0.25, -0.2) is 0 Å². The van der Waals surface area contributed by atoms with Gasteiger partial charge >= 0.3 is 5.97 Å². The number of H-pyrrole nitrogens is 1. The van der Waals surface area contributed by atoms with Gasteiger partial charge in [-0.1, -0.05) is 60.1 Å². The molecule has 2 unspecified atom stereocenters. The Morgan fingerprint density at radius 1 is 1.09 bits per heavy atom. The molecule has 5 nitrogen and oxygen atoms in total. The average molecular weight is 461 g/mol. The Bertz CT molecular complexity index is 1320. The number of methoxy groups -OCH3 is 1. The first-order valence-electron chi connectivity index (χ1n) is 10.9. The third kappa shape index (κ3) is 4.10. The number of nitrogens with one attached hydrogen (secondary N) is 2. The molecule has 0 aliphatic carbocycles. The SMILES string of the molecule is COC(=O)C1Cc2c([nH]c3ccccc23)C(c2cc(Cl)c(C)cc2OCc2ccccc2)N1. The summed E-state index contributed by atoms with van der Waals surface area (Å²) in [6.07, 6.45) is 0.544. The maximum absolute atomic E-state index is 12.6. The largest absolute Gasteiger partial charge is 0.489 e. The van der Waals surface area contributed by atoms with Gasteiger partial charge in [0.25, 0.3) is 0 Å². The van der Waals surface area contributed by atoms with Crippen molar-refractivity contribution >= 4 is 28.5 Å². The van der Waals surface area contributed by atoms with Gasteiger partial charge < -0.3 is 14.5 Å². The van der Waals surface area contributed by atoms with Crippen LogP contribution in [0.1, 0.15) is 34.0 Å². The lowest BCUT2D eigenvalue weighted by Crippen LogP contribution is -2.45. The first-order chi connectivity index (χ1) is 16.0. The number of carbonyl (C=O) groups is 1. The summed E-state index contributed by atoms with van der Waals surface area (Å²) in [7, 11) is 1.42. The molecule has 0 fully saturated rings. The number of aryl methyl sites for hydroxylation is 1. The van der Waals surface area contributed by atoms with Crippen LogP contribution >= 0.6 is 11.6 Å². The highest BCUT2D eigenvalue weighted by molar-refractivity contribution is 6.31. The molecule has 168 valence electrons. The van der Waals surface area contributed by atoms with E-state index in [1.165, 1.54) is 7.11 Å². The quantitative estimate of drug-likeness (QED) is 0.387. The van der Waals surface area contributed by atoms with E-state index in [4.69, 9.17) is 21.1 Å². The Kier molecular flexibility index (Phi) is 5.83. The monoisotopic (exact) mass is 460 g/mol. The summed E-state index contributed by atoms with van der Waals surface area (Å²) in [6, 6.07) is 21.3. The predicted octanol–water partition coefficient (Wildman–Crippen LogP) is 5.49. The van der Waals surface area contributed by atoms with Gasteiger partial charge in [0, 0.05) is 33.6 Å². The molecular formula is C27H25ClN2O3. The molecule has 4 aromatic rings. The van der Waals surface area contributed by atoms with E-state index in [0.29, 0.717) is 18.1 Å². The Hall–Kier alpha value is -3.28. The Balaban J connectivity index is 1.61. The predicted molar refractivity (Wildman–Crippen MR) is 130 cm³/mol. The molecule has 2 N–H and O–H groups in total. The lowest BCUT2D eigenvalue weighted by Gasteiger charge is -2.31. The summed E-state index contributed by atoms with van der Waals surface area (Å²) in [4.78, 5) is 16.1. The first kappa shape index (κ1) is 21.6. The van der Waals surface area contributed by atoms with E-state index in [1.54, 1.807) is 0 Å². The summed E-state index contributed by atoms with van der Waals surface area (Å²) < 4.78 is 11.4. The van der Waals surface area contributed by atoms with E-state index in [-0.39, 0.29) is 12.0 Å². The fourth-order valence-electron chi connectivity index (χ4n) is 4.53. The number of esters is 1. The molecule has 33 heavy (non-hydrogen) atoms. The van der Waals surface area contributed by atoms with Crippen LogP contribution in [0.5, 0.6) is 5.75 Å². The van der Waals surface area contributed by atoms with Gasteiger partial charge in [-0.05, 0) is 41.8 Å². The number of para-hydroxylation sites is 1. The summed E-state index contributed by atoms with van der Waals surface area (Å²) in [5.74, 6) is 0.439. The molecule has 1 aliphatic rings. The number of halogens is 1. The van der Waals surface area contributed by atoms with Gasteiger partial charge in [0.1, 0.15) is 18.4 Å². The van der Waals surface area contributed by atoms with Crippen molar-refractivity contribution in [3.63, 3.8) is 0 Å². The zero-order valence-corrected chi connectivity index (χ0v) is 19.3. The van der Waals surface area contributed by atoms with Gasteiger partial charge in [-0.15, -0.1) is 0 Å². The molecule has 1 aliphatic heterocycles. The van der Waals surface area contributed by atoms with Gasteiger partial charge in [0.05, 0.1) is 13.2 Å². The molecule has 5 rings (SSSR count). The Morgan fingerprint density at radius 3 is 2.64 bits per heavy atom. The number of fused-ring (bicyclic) bond motifs is 3. The lowest BCUT2D eigenvalue weighted by atomic mass is 9.89. The third-order valence-corrected chi connectivity index (χ3v) is 6.64. The molecule has 0 bridgehead atoms. The van der Waals surface area contributed by atoms with Crippen LogP contribution < -0.4 is 10.1 Å². The highest BCUT2D eigenvalue weighted by Crippen LogP contribution is 2.40. The Labute approximate surface area is 197 Å². The molecule has 2 heterocycles. The highest BCUT2D eigenvalue weighted by atomic mass is 35.5. The maximum atomic E-state index is 12.6. The fourth-order valence-corrected chi connectivity index (χ4v) is 4.70. The van der Waals surface area contributed by atoms with Crippen molar-refractivity contribution in [2.45, 2.75) is 32.0 Å². The van der Waals surface area contributed by atoms with E-state index < -0.39 is 6.04 Å². The van der Waals surface area contributed by atoms with Crippen molar-refractivity contribution in [3.05, 3.63) is 99.7 Å². The number of rotatable bonds is 5. The Morgan fingerprint density at radius 2 is 1.85 bits per heavy atom. The second-order valence-corrected chi connectivity index (χ2v) is 8.76. The van der Waals surface area contributed by atoms with Crippen LogP contribution in [0.2, 0.25) is 5.02 Å². The van der Waals surface area contributed by atoms with Gasteiger partial charge in [-0.3, -0.25) is 10.1 Å². The average Bonchev–Trinajstić information content (AvgIpc) is 3.23. The van der Waals surface area contributed by atoms with Crippen LogP contribution in [0, 0.1) is 6.92 Å². The van der Waals surface area contributed by atoms with Gasteiger partial charge in [0.15, 0.2) is 0 Å². The van der Waals surface area contributed by atoms with E-state index in [1.807, 2.05) is 67.6 Å². The minimum atomic E-state index is -0.478. The molecular weight excluding hydrogens is 436 g/mol. The van der Waals surface area contributed by atoms with E-state index in [0.717, 1.165) is 44.6 Å². The van der Waals surface area contributed by atoms with Crippen LogP contribution in [-0.4, -0.2) is 24.1 Å². The van der Waals surface area contributed by atoms with Crippen molar-refractivity contribution in [1.82, 2.24) is 10.3 Å². The molecule has 6 heteroatoms. The third-order valence-electron chi connectivity index (χ3n) is 6.24. The summed E-state index contributed by atoms with van der Waals surface area (Å²) in [6.45, 7) is 2.39.